The molecule has 0 unspecified atom stereocenters. The zero-order chi connectivity index (χ0) is 11.1. The van der Waals surface area contributed by atoms with Crippen molar-refractivity contribution in [3.8, 4) is 0 Å². The highest BCUT2D eigenvalue weighted by Gasteiger charge is 2.41. The van der Waals surface area contributed by atoms with E-state index in [0.717, 1.165) is 19.5 Å². The summed E-state index contributed by atoms with van der Waals surface area (Å²) < 4.78 is 5.39. The van der Waals surface area contributed by atoms with Crippen molar-refractivity contribution in [2.75, 3.05) is 13.1 Å². The average Bonchev–Trinajstić information content (AvgIpc) is 2.03. The van der Waals surface area contributed by atoms with Crippen molar-refractivity contribution < 1.29 is 9.53 Å². The van der Waals surface area contributed by atoms with Gasteiger partial charge in [-0.15, -0.1) is 0 Å². The average molecular weight is 212 g/mol. The third-order valence-electron chi connectivity index (χ3n) is 3.00. The van der Waals surface area contributed by atoms with E-state index in [-0.39, 0.29) is 11.7 Å². The second kappa shape index (κ2) is 3.67. The molecule has 4 nitrogen and oxygen atoms in total. The zero-order valence-corrected chi connectivity index (χ0v) is 9.75. The van der Waals surface area contributed by atoms with Crippen LogP contribution in [0.4, 0.5) is 4.79 Å². The fourth-order valence-corrected chi connectivity index (χ4v) is 2.21. The van der Waals surface area contributed by atoms with Crippen LogP contribution in [0.25, 0.3) is 0 Å². The number of nitrogens with zero attached hydrogens (tertiary/aromatic N) is 1. The molecule has 0 spiro atoms. The molecule has 1 amide bonds. The first kappa shape index (κ1) is 10.7. The van der Waals surface area contributed by atoms with Gasteiger partial charge in [-0.25, -0.2) is 4.79 Å². The van der Waals surface area contributed by atoms with Gasteiger partial charge in [0.05, 0.1) is 6.04 Å². The number of carbonyl (C=O) groups is 1. The van der Waals surface area contributed by atoms with Crippen LogP contribution in [-0.4, -0.2) is 41.8 Å². The molecule has 86 valence electrons. The molecule has 4 heteroatoms. The van der Waals surface area contributed by atoms with Crippen LogP contribution in [0.1, 0.15) is 33.6 Å². The molecule has 0 saturated carbocycles. The van der Waals surface area contributed by atoms with Gasteiger partial charge in [-0.1, -0.05) is 0 Å². The second-order valence-electron chi connectivity index (χ2n) is 5.40. The highest BCUT2D eigenvalue weighted by Crippen LogP contribution is 2.25. The van der Waals surface area contributed by atoms with Crippen molar-refractivity contribution in [1.82, 2.24) is 10.2 Å². The molecule has 0 aliphatic carbocycles. The van der Waals surface area contributed by atoms with Gasteiger partial charge < -0.3 is 15.0 Å². The summed E-state index contributed by atoms with van der Waals surface area (Å²) in [6.07, 6.45) is 2.11. The summed E-state index contributed by atoms with van der Waals surface area (Å²) in [4.78, 5) is 13.8. The quantitative estimate of drug-likeness (QED) is 0.659. The maximum absolute atomic E-state index is 11.9. The molecule has 2 rings (SSSR count). The minimum Gasteiger partial charge on any atom is -0.444 e. The Morgan fingerprint density at radius 1 is 1.47 bits per heavy atom. The normalized spacial score (nSPS) is 30.5. The number of likely N-dealkylation sites (tertiary alicyclic amines) is 1. The summed E-state index contributed by atoms with van der Waals surface area (Å²) in [7, 11) is 0. The van der Waals surface area contributed by atoms with Gasteiger partial charge in [0.25, 0.3) is 0 Å². The maximum atomic E-state index is 11.9. The zero-order valence-electron chi connectivity index (χ0n) is 9.75. The van der Waals surface area contributed by atoms with Crippen molar-refractivity contribution in [1.29, 1.82) is 0 Å². The number of hydrogen-bond donors (Lipinski definition) is 1. The molecule has 2 aliphatic heterocycles. The van der Waals surface area contributed by atoms with Crippen LogP contribution >= 0.6 is 0 Å². The number of hydrogen-bond acceptors (Lipinski definition) is 3. The third-order valence-corrected chi connectivity index (χ3v) is 3.00. The SMILES string of the molecule is CC(C)(C)OC(=O)N1CCC[C@H]2NC[C@H]21. The fraction of sp³-hybridized carbons (Fsp3) is 0.909. The first-order valence-electron chi connectivity index (χ1n) is 5.70. The molecule has 1 N–H and O–H groups in total. The first-order valence-corrected chi connectivity index (χ1v) is 5.70. The number of nitrogens with one attached hydrogen (secondary N) is 1. The number of ether oxygens (including phenoxy) is 1. The van der Waals surface area contributed by atoms with E-state index in [1.165, 1.54) is 6.42 Å². The van der Waals surface area contributed by atoms with E-state index in [0.29, 0.717) is 12.1 Å². The lowest BCUT2D eigenvalue weighted by atomic mass is 9.90. The van der Waals surface area contributed by atoms with Crippen LogP contribution in [0.3, 0.4) is 0 Å². The van der Waals surface area contributed by atoms with Gasteiger partial charge in [0, 0.05) is 19.1 Å². The molecule has 2 aliphatic rings. The van der Waals surface area contributed by atoms with Gasteiger partial charge in [-0.2, -0.15) is 0 Å². The van der Waals surface area contributed by atoms with Crippen molar-refractivity contribution in [2.45, 2.75) is 51.3 Å². The van der Waals surface area contributed by atoms with Gasteiger partial charge in [0.1, 0.15) is 5.60 Å². The Labute approximate surface area is 91.0 Å². The lowest BCUT2D eigenvalue weighted by Crippen LogP contribution is -2.68. The van der Waals surface area contributed by atoms with Crippen molar-refractivity contribution in [3.63, 3.8) is 0 Å². The molecule has 0 aromatic carbocycles. The molecular weight excluding hydrogens is 192 g/mol. The minimum atomic E-state index is -0.388. The Bertz CT molecular complexity index is 260. The predicted molar refractivity (Wildman–Crippen MR) is 57.8 cm³/mol. The van der Waals surface area contributed by atoms with E-state index >= 15 is 0 Å². The van der Waals surface area contributed by atoms with E-state index in [1.807, 2.05) is 25.7 Å². The van der Waals surface area contributed by atoms with E-state index in [4.69, 9.17) is 4.74 Å². The molecule has 2 fully saturated rings. The highest BCUT2D eigenvalue weighted by molar-refractivity contribution is 5.69. The van der Waals surface area contributed by atoms with Gasteiger partial charge in [0.15, 0.2) is 0 Å². The van der Waals surface area contributed by atoms with Crippen LogP contribution < -0.4 is 5.32 Å². The highest BCUT2D eigenvalue weighted by atomic mass is 16.6. The summed E-state index contributed by atoms with van der Waals surface area (Å²) in [6, 6.07) is 0.875. The Morgan fingerprint density at radius 3 is 2.73 bits per heavy atom. The summed E-state index contributed by atoms with van der Waals surface area (Å²) in [5, 5.41) is 3.35. The molecule has 2 atom stereocenters. The molecule has 2 heterocycles. The van der Waals surface area contributed by atoms with Crippen molar-refractivity contribution in [2.24, 2.45) is 0 Å². The predicted octanol–water partition coefficient (Wildman–Crippen LogP) is 1.36. The summed E-state index contributed by atoms with van der Waals surface area (Å²) in [5.41, 5.74) is -0.388. The van der Waals surface area contributed by atoms with E-state index in [2.05, 4.69) is 5.32 Å². The Kier molecular flexibility index (Phi) is 2.63. The van der Waals surface area contributed by atoms with E-state index in [9.17, 15) is 4.79 Å². The fourth-order valence-electron chi connectivity index (χ4n) is 2.21. The lowest BCUT2D eigenvalue weighted by molar-refractivity contribution is -0.00927. The van der Waals surface area contributed by atoms with Crippen molar-refractivity contribution in [3.05, 3.63) is 0 Å². The topological polar surface area (TPSA) is 41.6 Å². The Balaban J connectivity index is 1.94. The van der Waals surface area contributed by atoms with Crippen molar-refractivity contribution >= 4 is 6.09 Å². The summed E-state index contributed by atoms with van der Waals surface area (Å²) in [6.45, 7) is 7.49. The largest absolute Gasteiger partial charge is 0.444 e. The Hall–Kier alpha value is -0.770. The van der Waals surface area contributed by atoms with Gasteiger partial charge in [-0.3, -0.25) is 0 Å². The van der Waals surface area contributed by atoms with Crippen LogP contribution in [0.15, 0.2) is 0 Å². The number of piperidine rings is 1. The van der Waals surface area contributed by atoms with E-state index < -0.39 is 0 Å². The van der Waals surface area contributed by atoms with Crippen LogP contribution in [0.2, 0.25) is 0 Å². The number of rotatable bonds is 0. The number of fused-ring (bicyclic) bond motifs is 1. The summed E-state index contributed by atoms with van der Waals surface area (Å²) >= 11 is 0. The smallest absolute Gasteiger partial charge is 0.410 e. The van der Waals surface area contributed by atoms with Gasteiger partial charge >= 0.3 is 6.09 Å². The summed E-state index contributed by atoms with van der Waals surface area (Å²) in [5.74, 6) is 0. The molecule has 0 aromatic heterocycles. The van der Waals surface area contributed by atoms with Crippen LogP contribution in [0.5, 0.6) is 0 Å². The molecule has 2 saturated heterocycles. The van der Waals surface area contributed by atoms with Crippen LogP contribution in [-0.2, 0) is 4.74 Å². The molecule has 0 radical (unpaired) electrons. The van der Waals surface area contributed by atoms with Gasteiger partial charge in [-0.05, 0) is 33.6 Å². The maximum Gasteiger partial charge on any atom is 0.410 e. The molecule has 15 heavy (non-hydrogen) atoms. The molecular formula is C11H20N2O2. The molecule has 0 aromatic rings. The van der Waals surface area contributed by atoms with Crippen LogP contribution in [0, 0.1) is 0 Å². The number of carbonyl (C=O) groups excluding carboxylic acids is 1. The standard InChI is InChI=1S/C11H20N2O2/c1-11(2,3)15-10(14)13-6-4-5-8-9(13)7-12-8/h8-9,12H,4-7H2,1-3H3/t8-,9-/m1/s1. The van der Waals surface area contributed by atoms with E-state index in [1.54, 1.807) is 0 Å². The first-order chi connectivity index (χ1) is 6.97. The lowest BCUT2D eigenvalue weighted by Gasteiger charge is -2.48. The second-order valence-corrected chi connectivity index (χ2v) is 5.40. The number of amides is 1. The molecule has 0 bridgehead atoms. The minimum absolute atomic E-state index is 0.154. The van der Waals surface area contributed by atoms with Gasteiger partial charge in [0.2, 0.25) is 0 Å². The monoisotopic (exact) mass is 212 g/mol. The third kappa shape index (κ3) is 2.25. The Morgan fingerprint density at radius 2 is 2.20 bits per heavy atom.